The van der Waals surface area contributed by atoms with Gasteiger partial charge in [-0.05, 0) is 56.3 Å². The van der Waals surface area contributed by atoms with Gasteiger partial charge in [-0.15, -0.1) is 0 Å². The van der Waals surface area contributed by atoms with Gasteiger partial charge in [-0.2, -0.15) is 11.8 Å². The third-order valence-electron chi connectivity index (χ3n) is 4.10. The fraction of sp³-hybridized carbons (Fsp3) is 0.500. The molecule has 1 N–H and O–H groups in total. The van der Waals surface area contributed by atoms with Crippen molar-refractivity contribution in [3.05, 3.63) is 26.9 Å². The monoisotopic (exact) mass is 346 g/mol. The van der Waals surface area contributed by atoms with Crippen molar-refractivity contribution < 1.29 is 0 Å². The molecule has 1 aliphatic carbocycles. The van der Waals surface area contributed by atoms with E-state index >= 15 is 0 Å². The number of nitrogens with one attached hydrogen (secondary N) is 1. The number of nitrogens with zero attached hydrogens (tertiary/aromatic N) is 1. The molecule has 0 atom stereocenters. The van der Waals surface area contributed by atoms with Crippen LogP contribution in [0.25, 0.3) is 11.0 Å². The number of imidazole rings is 1. The van der Waals surface area contributed by atoms with Crippen molar-refractivity contribution in [3.63, 3.8) is 0 Å². The van der Waals surface area contributed by atoms with Crippen LogP contribution in [0.15, 0.2) is 12.1 Å². The number of thioether (sulfide) groups is 1. The van der Waals surface area contributed by atoms with Gasteiger partial charge in [0.25, 0.3) is 0 Å². The molecule has 0 unspecified atom stereocenters. The first-order valence-corrected chi connectivity index (χ1v) is 9.17. The Hall–Kier alpha value is -0.160. The first kappa shape index (κ1) is 14.8. The Kier molecular flexibility index (Phi) is 4.37. The summed E-state index contributed by atoms with van der Waals surface area (Å²) < 4.78 is 3.00. The Morgan fingerprint density at radius 3 is 2.50 bits per heavy atom. The van der Waals surface area contributed by atoms with Crippen molar-refractivity contribution in [3.8, 4) is 0 Å². The van der Waals surface area contributed by atoms with Crippen LogP contribution in [0.3, 0.4) is 0 Å². The zero-order valence-electron chi connectivity index (χ0n) is 11.2. The maximum atomic E-state index is 6.16. The molecule has 108 valence electrons. The van der Waals surface area contributed by atoms with Gasteiger partial charge in [0.1, 0.15) is 0 Å². The lowest BCUT2D eigenvalue weighted by atomic mass is 9.94. The van der Waals surface area contributed by atoms with Gasteiger partial charge in [-0.1, -0.05) is 23.2 Å². The lowest BCUT2D eigenvalue weighted by Gasteiger charge is -2.28. The minimum absolute atomic E-state index is 0.469. The van der Waals surface area contributed by atoms with Gasteiger partial charge >= 0.3 is 0 Å². The molecule has 0 saturated heterocycles. The highest BCUT2D eigenvalue weighted by atomic mass is 35.5. The predicted molar refractivity (Wildman–Crippen MR) is 92.0 cm³/mol. The fourth-order valence-electron chi connectivity index (χ4n) is 3.02. The minimum atomic E-state index is 0.469. The molecule has 3 rings (SSSR count). The molecule has 2 nitrogen and oxygen atoms in total. The van der Waals surface area contributed by atoms with Gasteiger partial charge in [0.05, 0.1) is 21.1 Å². The summed E-state index contributed by atoms with van der Waals surface area (Å²) in [6, 6.07) is 4.25. The van der Waals surface area contributed by atoms with Crippen LogP contribution in [0, 0.1) is 4.77 Å². The first-order chi connectivity index (χ1) is 9.60. The largest absolute Gasteiger partial charge is 0.331 e. The van der Waals surface area contributed by atoms with E-state index in [9.17, 15) is 0 Å². The Morgan fingerprint density at radius 1 is 1.20 bits per heavy atom. The minimum Gasteiger partial charge on any atom is -0.331 e. The number of benzene rings is 1. The first-order valence-electron chi connectivity index (χ1n) is 6.72. The van der Waals surface area contributed by atoms with Crippen LogP contribution in [0.2, 0.25) is 10.0 Å². The molecule has 20 heavy (non-hydrogen) atoms. The van der Waals surface area contributed by atoms with E-state index in [-0.39, 0.29) is 0 Å². The molecule has 1 aromatic heterocycles. The lowest BCUT2D eigenvalue weighted by molar-refractivity contribution is 0.364. The summed E-state index contributed by atoms with van der Waals surface area (Å²) in [6.07, 6.45) is 7.05. The van der Waals surface area contributed by atoms with E-state index in [0.29, 0.717) is 16.1 Å². The van der Waals surface area contributed by atoms with E-state index in [1.54, 1.807) is 0 Å². The van der Waals surface area contributed by atoms with Crippen molar-refractivity contribution in [2.24, 2.45) is 0 Å². The Balaban J connectivity index is 2.01. The molecule has 6 heteroatoms. The summed E-state index contributed by atoms with van der Waals surface area (Å²) in [5.41, 5.74) is 2.04. The standard InChI is InChI=1S/C14H16Cl2N2S2/c1-20-9-4-2-8(3-5-9)18-13-7-11(16)10(15)6-12(13)17-14(18)19/h6-9H,2-5H2,1H3,(H,17,19). The highest BCUT2D eigenvalue weighted by Crippen LogP contribution is 2.37. The third kappa shape index (κ3) is 2.63. The van der Waals surface area contributed by atoms with Gasteiger partial charge in [0.2, 0.25) is 0 Å². The SMILES string of the molecule is CSC1CCC(n2c(=S)[nH]c3cc(Cl)c(Cl)cc32)CC1. The molecule has 0 radical (unpaired) electrons. The number of H-pyrrole nitrogens is 1. The zero-order chi connectivity index (χ0) is 14.3. The molecule has 0 spiro atoms. The van der Waals surface area contributed by atoms with Crippen molar-refractivity contribution in [2.45, 2.75) is 37.0 Å². The number of rotatable bonds is 2. The lowest BCUT2D eigenvalue weighted by Crippen LogP contribution is -2.19. The van der Waals surface area contributed by atoms with Gasteiger partial charge in [0.15, 0.2) is 4.77 Å². The molecule has 1 saturated carbocycles. The van der Waals surface area contributed by atoms with E-state index in [2.05, 4.69) is 15.8 Å². The molecule has 0 amide bonds. The van der Waals surface area contributed by atoms with Gasteiger partial charge in [-0.25, -0.2) is 0 Å². The maximum absolute atomic E-state index is 6.16. The Bertz CT molecular complexity index is 684. The molecule has 1 heterocycles. The van der Waals surface area contributed by atoms with E-state index in [1.807, 2.05) is 23.9 Å². The topological polar surface area (TPSA) is 20.7 Å². The smallest absolute Gasteiger partial charge is 0.178 e. The van der Waals surface area contributed by atoms with Crippen molar-refractivity contribution in [1.82, 2.24) is 9.55 Å². The molecule has 0 aliphatic heterocycles. The Labute approximate surface area is 137 Å². The zero-order valence-corrected chi connectivity index (χ0v) is 14.3. The molecule has 1 aliphatic rings. The van der Waals surface area contributed by atoms with Crippen molar-refractivity contribution in [1.29, 1.82) is 0 Å². The van der Waals surface area contributed by atoms with Crippen LogP contribution in [0.5, 0.6) is 0 Å². The predicted octanol–water partition coefficient (Wildman–Crippen LogP) is 5.85. The molecule has 2 aromatic rings. The van der Waals surface area contributed by atoms with Crippen LogP contribution in [0.4, 0.5) is 0 Å². The van der Waals surface area contributed by atoms with Crippen LogP contribution in [0.1, 0.15) is 31.7 Å². The van der Waals surface area contributed by atoms with Crippen LogP contribution in [-0.4, -0.2) is 21.1 Å². The number of halogens is 2. The quantitative estimate of drug-likeness (QED) is 0.688. The summed E-state index contributed by atoms with van der Waals surface area (Å²) in [5, 5.41) is 1.94. The second kappa shape index (κ2) is 5.91. The number of fused-ring (bicyclic) bond motifs is 1. The summed E-state index contributed by atoms with van der Waals surface area (Å²) in [5.74, 6) is 0. The molecule has 1 fully saturated rings. The molecule has 0 bridgehead atoms. The van der Waals surface area contributed by atoms with Crippen LogP contribution in [-0.2, 0) is 0 Å². The summed E-state index contributed by atoms with van der Waals surface area (Å²) in [6.45, 7) is 0. The van der Waals surface area contributed by atoms with Crippen molar-refractivity contribution in [2.75, 3.05) is 6.26 Å². The molecule has 1 aromatic carbocycles. The van der Waals surface area contributed by atoms with Crippen molar-refractivity contribution >= 4 is 58.2 Å². The summed E-state index contributed by atoms with van der Waals surface area (Å²) in [4.78, 5) is 3.25. The summed E-state index contributed by atoms with van der Waals surface area (Å²) in [7, 11) is 0. The van der Waals surface area contributed by atoms with E-state index in [0.717, 1.165) is 21.1 Å². The highest BCUT2D eigenvalue weighted by molar-refractivity contribution is 7.99. The van der Waals surface area contributed by atoms with Crippen LogP contribution < -0.4 is 0 Å². The number of aromatic amines is 1. The normalized spacial score (nSPS) is 23.4. The highest BCUT2D eigenvalue weighted by Gasteiger charge is 2.23. The van der Waals surface area contributed by atoms with E-state index in [4.69, 9.17) is 35.4 Å². The van der Waals surface area contributed by atoms with Crippen LogP contribution >= 0.6 is 47.2 Å². The van der Waals surface area contributed by atoms with E-state index in [1.165, 1.54) is 25.7 Å². The van der Waals surface area contributed by atoms with Gasteiger partial charge in [-0.3, -0.25) is 0 Å². The van der Waals surface area contributed by atoms with E-state index < -0.39 is 0 Å². The molecular weight excluding hydrogens is 331 g/mol. The maximum Gasteiger partial charge on any atom is 0.178 e. The third-order valence-corrected chi connectivity index (χ3v) is 6.26. The second-order valence-electron chi connectivity index (χ2n) is 5.25. The second-order valence-corrected chi connectivity index (χ2v) is 7.59. The average Bonchev–Trinajstić information content (AvgIpc) is 2.75. The molecular formula is C14H16Cl2N2S2. The van der Waals surface area contributed by atoms with Gasteiger partial charge in [0, 0.05) is 11.3 Å². The van der Waals surface area contributed by atoms with Gasteiger partial charge < -0.3 is 9.55 Å². The number of hydrogen-bond donors (Lipinski definition) is 1. The summed E-state index contributed by atoms with van der Waals surface area (Å²) >= 11 is 19.7. The number of hydrogen-bond acceptors (Lipinski definition) is 2. The number of aromatic nitrogens is 2. The average molecular weight is 347 g/mol. The Morgan fingerprint density at radius 2 is 1.85 bits per heavy atom. The fourth-order valence-corrected chi connectivity index (χ4v) is 4.44.